The van der Waals surface area contributed by atoms with Crippen LogP contribution < -0.4 is 0 Å². The minimum Gasteiger partial charge on any atom is -0.410 e. The smallest absolute Gasteiger partial charge is 0.410 e. The van der Waals surface area contributed by atoms with E-state index < -0.39 is 26.2 Å². The molecule has 2 fully saturated rings. The fraction of sp³-hybridized carbons (Fsp3) is 0.694. The van der Waals surface area contributed by atoms with Crippen LogP contribution in [-0.2, 0) is 17.0 Å². The lowest BCUT2D eigenvalue weighted by Gasteiger charge is -2.46. The topological polar surface area (TPSA) is 42.4 Å². The van der Waals surface area contributed by atoms with E-state index in [1.807, 2.05) is 0 Å². The van der Waals surface area contributed by atoms with Gasteiger partial charge in [0.05, 0.1) is 17.4 Å². The van der Waals surface area contributed by atoms with Gasteiger partial charge in [0.25, 0.3) is 0 Å². The maximum atomic E-state index is 13.4. The van der Waals surface area contributed by atoms with Gasteiger partial charge in [-0.05, 0) is 91.2 Å². The summed E-state index contributed by atoms with van der Waals surface area (Å²) >= 11 is 0. The van der Waals surface area contributed by atoms with E-state index in [1.54, 1.807) is 0 Å². The normalized spacial score (nSPS) is 22.9. The van der Waals surface area contributed by atoms with Gasteiger partial charge in [-0.1, -0.05) is 78.9 Å². The SMILES string of the molecule is CC1(C)Cc2nc(C3CCCC3)c(C(O)c3ccc(C(F)(F)F)cc3)c(C3CCCCC3)c2[C@@H](O[Si](C)(C)C(C)(C)C)C1. The zero-order chi connectivity index (χ0) is 31.4. The van der Waals surface area contributed by atoms with Gasteiger partial charge in [-0.2, -0.15) is 13.2 Å². The highest BCUT2D eigenvalue weighted by Gasteiger charge is 2.46. The number of alkyl halides is 3. The van der Waals surface area contributed by atoms with Crippen LogP contribution in [0.25, 0.3) is 0 Å². The maximum Gasteiger partial charge on any atom is 0.416 e. The Labute approximate surface area is 258 Å². The number of hydrogen-bond acceptors (Lipinski definition) is 3. The van der Waals surface area contributed by atoms with Crippen LogP contribution >= 0.6 is 0 Å². The molecule has 2 aromatic rings. The predicted octanol–water partition coefficient (Wildman–Crippen LogP) is 10.9. The second-order valence-corrected chi connectivity index (χ2v) is 20.7. The van der Waals surface area contributed by atoms with E-state index >= 15 is 0 Å². The highest BCUT2D eigenvalue weighted by molar-refractivity contribution is 6.74. The quantitative estimate of drug-likeness (QED) is 0.329. The molecule has 0 bridgehead atoms. The second kappa shape index (κ2) is 11.9. The van der Waals surface area contributed by atoms with Crippen LogP contribution in [0.5, 0.6) is 0 Å². The van der Waals surface area contributed by atoms with E-state index in [0.717, 1.165) is 93.3 Å². The van der Waals surface area contributed by atoms with Crippen molar-refractivity contribution in [2.75, 3.05) is 0 Å². The number of benzene rings is 1. The van der Waals surface area contributed by atoms with Gasteiger partial charge < -0.3 is 9.53 Å². The van der Waals surface area contributed by atoms with Crippen molar-refractivity contribution < 1.29 is 22.7 Å². The summed E-state index contributed by atoms with van der Waals surface area (Å²) in [5.74, 6) is 0.549. The highest BCUT2D eigenvalue weighted by Crippen LogP contribution is 2.53. The number of halogens is 3. The zero-order valence-corrected chi connectivity index (χ0v) is 28.3. The van der Waals surface area contributed by atoms with Crippen molar-refractivity contribution in [1.82, 2.24) is 4.98 Å². The Morgan fingerprint density at radius 3 is 2.00 bits per heavy atom. The minimum absolute atomic E-state index is 0.0252. The summed E-state index contributed by atoms with van der Waals surface area (Å²) in [6.45, 7) is 16.1. The summed E-state index contributed by atoms with van der Waals surface area (Å²) in [7, 11) is -2.16. The summed E-state index contributed by atoms with van der Waals surface area (Å²) < 4.78 is 47.6. The Bertz CT molecular complexity index is 1280. The first-order valence-corrected chi connectivity index (χ1v) is 19.5. The largest absolute Gasteiger partial charge is 0.416 e. The Hall–Kier alpha value is -1.70. The average molecular weight is 616 g/mol. The van der Waals surface area contributed by atoms with Crippen molar-refractivity contribution in [3.8, 4) is 0 Å². The Morgan fingerprint density at radius 1 is 0.884 bits per heavy atom. The molecule has 2 saturated carbocycles. The molecule has 2 atom stereocenters. The molecule has 0 radical (unpaired) electrons. The van der Waals surface area contributed by atoms with E-state index in [-0.39, 0.29) is 28.4 Å². The lowest BCUT2D eigenvalue weighted by molar-refractivity contribution is -0.137. The Balaban J connectivity index is 1.75. The number of aromatic nitrogens is 1. The molecule has 3 aliphatic rings. The van der Waals surface area contributed by atoms with Gasteiger partial charge in [0.15, 0.2) is 8.32 Å². The number of pyridine rings is 1. The second-order valence-electron chi connectivity index (χ2n) is 15.9. The van der Waals surface area contributed by atoms with Crippen LogP contribution in [0.15, 0.2) is 24.3 Å². The van der Waals surface area contributed by atoms with E-state index in [2.05, 4.69) is 47.7 Å². The molecule has 43 heavy (non-hydrogen) atoms. The van der Waals surface area contributed by atoms with Gasteiger partial charge in [0, 0.05) is 22.7 Å². The minimum atomic E-state index is -4.42. The monoisotopic (exact) mass is 615 g/mol. The molecule has 1 unspecified atom stereocenters. The van der Waals surface area contributed by atoms with Gasteiger partial charge in [-0.15, -0.1) is 0 Å². The molecule has 1 N–H and O–H groups in total. The third-order valence-corrected chi connectivity index (χ3v) is 15.4. The third-order valence-electron chi connectivity index (χ3n) is 11.0. The molecule has 0 saturated heterocycles. The predicted molar refractivity (Wildman–Crippen MR) is 170 cm³/mol. The summed E-state index contributed by atoms with van der Waals surface area (Å²) in [6, 6.07) is 5.13. The summed E-state index contributed by atoms with van der Waals surface area (Å²) in [5, 5.41) is 12.3. The number of rotatable bonds is 6. The molecular formula is C36H52F3NO2Si. The molecule has 0 amide bonds. The summed E-state index contributed by atoms with van der Waals surface area (Å²) in [4.78, 5) is 5.49. The first kappa shape index (κ1) is 32.7. The van der Waals surface area contributed by atoms with Crippen LogP contribution in [0.2, 0.25) is 18.1 Å². The van der Waals surface area contributed by atoms with Crippen molar-refractivity contribution in [2.45, 2.75) is 154 Å². The molecule has 1 heterocycles. The lowest BCUT2D eigenvalue weighted by Crippen LogP contribution is -2.44. The van der Waals surface area contributed by atoms with Gasteiger partial charge in [0.1, 0.15) is 6.10 Å². The average Bonchev–Trinajstić information content (AvgIpc) is 3.45. The number of hydrogen-bond donors (Lipinski definition) is 1. The number of aliphatic hydroxyl groups is 1. The molecule has 5 rings (SSSR count). The van der Waals surface area contributed by atoms with Gasteiger partial charge in [-0.25, -0.2) is 0 Å². The summed E-state index contributed by atoms with van der Waals surface area (Å²) in [5.41, 5.74) is 5.25. The molecule has 0 aliphatic heterocycles. The highest BCUT2D eigenvalue weighted by atomic mass is 28.4. The Kier molecular flexibility index (Phi) is 9.05. The number of aliphatic hydroxyl groups excluding tert-OH is 1. The maximum absolute atomic E-state index is 13.4. The first-order chi connectivity index (χ1) is 20.0. The van der Waals surface area contributed by atoms with Crippen LogP contribution in [0.3, 0.4) is 0 Å². The lowest BCUT2D eigenvalue weighted by atomic mass is 9.69. The van der Waals surface area contributed by atoms with E-state index in [9.17, 15) is 18.3 Å². The van der Waals surface area contributed by atoms with E-state index in [4.69, 9.17) is 9.41 Å². The first-order valence-electron chi connectivity index (χ1n) is 16.6. The van der Waals surface area contributed by atoms with Crippen molar-refractivity contribution >= 4 is 8.32 Å². The van der Waals surface area contributed by atoms with Gasteiger partial charge in [-0.3, -0.25) is 4.98 Å². The Morgan fingerprint density at radius 2 is 1.44 bits per heavy atom. The zero-order valence-electron chi connectivity index (χ0n) is 27.3. The van der Waals surface area contributed by atoms with Crippen LogP contribution in [0.4, 0.5) is 13.2 Å². The molecule has 3 nitrogen and oxygen atoms in total. The van der Waals surface area contributed by atoms with E-state index in [0.29, 0.717) is 5.56 Å². The van der Waals surface area contributed by atoms with Crippen LogP contribution in [0.1, 0.15) is 162 Å². The van der Waals surface area contributed by atoms with Crippen LogP contribution in [-0.4, -0.2) is 18.4 Å². The fourth-order valence-corrected chi connectivity index (χ4v) is 8.88. The fourth-order valence-electron chi connectivity index (χ4n) is 7.61. The number of fused-ring (bicyclic) bond motifs is 1. The molecule has 7 heteroatoms. The van der Waals surface area contributed by atoms with Crippen molar-refractivity contribution in [3.63, 3.8) is 0 Å². The van der Waals surface area contributed by atoms with Crippen molar-refractivity contribution in [3.05, 3.63) is 63.5 Å². The molecule has 0 spiro atoms. The molecule has 1 aromatic carbocycles. The summed E-state index contributed by atoms with van der Waals surface area (Å²) in [6.07, 6.45) is 6.19. The van der Waals surface area contributed by atoms with Gasteiger partial charge >= 0.3 is 6.18 Å². The van der Waals surface area contributed by atoms with Crippen molar-refractivity contribution in [1.29, 1.82) is 0 Å². The van der Waals surface area contributed by atoms with E-state index in [1.165, 1.54) is 29.7 Å². The van der Waals surface area contributed by atoms with Crippen LogP contribution in [0, 0.1) is 5.41 Å². The molecule has 3 aliphatic carbocycles. The van der Waals surface area contributed by atoms with Crippen molar-refractivity contribution in [2.24, 2.45) is 5.41 Å². The number of nitrogens with zero attached hydrogens (tertiary/aromatic N) is 1. The molecule has 238 valence electrons. The van der Waals surface area contributed by atoms with Gasteiger partial charge in [0.2, 0.25) is 0 Å². The third kappa shape index (κ3) is 6.79. The standard InChI is InChI=1S/C36H52F3NO2Si/c1-34(2,3)43(6,7)42-28-22-35(4,5)21-27-30(28)29(23-13-9-8-10-14-23)31(32(40-27)24-15-11-12-16-24)33(41)25-17-19-26(20-18-25)36(37,38)39/h17-20,23-24,28,33,41H,8-16,21-22H2,1-7H3/t28-,33?/m0/s1. The molecule has 1 aromatic heterocycles. The molecular weight excluding hydrogens is 563 g/mol.